The smallest absolute Gasteiger partial charge is 0.408 e. The van der Waals surface area contributed by atoms with Crippen molar-refractivity contribution in [3.8, 4) is 0 Å². The number of carbonyl (C=O) groups is 2. The van der Waals surface area contributed by atoms with Crippen LogP contribution in [-0.2, 0) is 20.7 Å². The highest BCUT2D eigenvalue weighted by atomic mass is 16.8. The van der Waals surface area contributed by atoms with E-state index in [0.29, 0.717) is 5.56 Å². The van der Waals surface area contributed by atoms with Gasteiger partial charge >= 0.3 is 12.1 Å². The number of alkyl carbamates (subject to hydrolysis) is 1. The lowest BCUT2D eigenvalue weighted by atomic mass is 10.1. The molecular weight excluding hydrogens is 304 g/mol. The van der Waals surface area contributed by atoms with Gasteiger partial charge in [-0.15, -0.1) is 0 Å². The van der Waals surface area contributed by atoms with Gasteiger partial charge in [0.1, 0.15) is 11.6 Å². The van der Waals surface area contributed by atoms with Gasteiger partial charge in [-0.05, 0) is 38.5 Å². The topological polar surface area (TPSA) is 111 Å². The van der Waals surface area contributed by atoms with E-state index in [4.69, 9.17) is 9.94 Å². The first kappa shape index (κ1) is 18.7. The number of methoxy groups -OCH3 is 1. The van der Waals surface area contributed by atoms with Crippen LogP contribution in [0.4, 0.5) is 10.5 Å². The summed E-state index contributed by atoms with van der Waals surface area (Å²) in [5, 5.41) is 21.7. The van der Waals surface area contributed by atoms with Gasteiger partial charge in [0.15, 0.2) is 0 Å². The third-order valence-corrected chi connectivity index (χ3v) is 2.77. The summed E-state index contributed by atoms with van der Waals surface area (Å²) in [6, 6.07) is 4.97. The molecule has 1 aromatic rings. The van der Waals surface area contributed by atoms with E-state index in [2.05, 4.69) is 10.1 Å². The highest BCUT2D eigenvalue weighted by Gasteiger charge is 2.25. The number of carbonyl (C=O) groups excluding carboxylic acids is 2. The van der Waals surface area contributed by atoms with Crippen molar-refractivity contribution >= 4 is 17.7 Å². The van der Waals surface area contributed by atoms with E-state index in [-0.39, 0.29) is 17.3 Å². The number of nitrogens with zero attached hydrogens (tertiary/aromatic N) is 1. The number of hydrogen-bond acceptors (Lipinski definition) is 7. The number of ether oxygens (including phenoxy) is 2. The lowest BCUT2D eigenvalue weighted by Crippen LogP contribution is -2.45. The summed E-state index contributed by atoms with van der Waals surface area (Å²) in [6.07, 6.45) is -0.582. The molecule has 0 bridgehead atoms. The molecule has 0 fully saturated rings. The molecular formula is C15H21N2O6-. The summed E-state index contributed by atoms with van der Waals surface area (Å²) in [5.41, 5.74) is 0.0380. The van der Waals surface area contributed by atoms with Gasteiger partial charge in [-0.25, -0.2) is 9.59 Å². The van der Waals surface area contributed by atoms with Crippen molar-refractivity contribution in [2.24, 2.45) is 0 Å². The molecule has 0 aliphatic heterocycles. The van der Waals surface area contributed by atoms with Gasteiger partial charge in [0, 0.05) is 6.42 Å². The third-order valence-electron chi connectivity index (χ3n) is 2.77. The molecule has 0 saturated heterocycles. The van der Waals surface area contributed by atoms with Crippen molar-refractivity contribution in [1.29, 1.82) is 0 Å². The number of hydrogen-bond donors (Lipinski definition) is 2. The molecule has 8 nitrogen and oxygen atoms in total. The Morgan fingerprint density at radius 2 is 1.87 bits per heavy atom. The molecule has 0 spiro atoms. The number of nitrogens with one attached hydrogen (secondary N) is 1. The molecule has 0 aliphatic carbocycles. The standard InChI is InChI=1S/C15H21N2O6/c1-15(2,3)23-14(19)16-12(13(18)22-4)9-10-5-7-11(8-6-10)17(20)21/h5-8,12,20H,9H2,1-4H3,(H,16,19)/q-1. The Morgan fingerprint density at radius 1 is 1.30 bits per heavy atom. The molecule has 0 aromatic heterocycles. The number of amides is 1. The van der Waals surface area contributed by atoms with Crippen molar-refractivity contribution in [1.82, 2.24) is 5.32 Å². The van der Waals surface area contributed by atoms with Crippen molar-refractivity contribution in [2.45, 2.75) is 38.8 Å². The average Bonchev–Trinajstić information content (AvgIpc) is 2.44. The second-order valence-electron chi connectivity index (χ2n) is 5.87. The van der Waals surface area contributed by atoms with Gasteiger partial charge in [0.25, 0.3) is 0 Å². The molecule has 23 heavy (non-hydrogen) atoms. The summed E-state index contributed by atoms with van der Waals surface area (Å²) in [5.74, 6) is -0.618. The molecule has 1 unspecified atom stereocenters. The maximum absolute atomic E-state index is 11.8. The molecule has 0 aliphatic rings. The number of benzene rings is 1. The number of esters is 1. The molecule has 2 N–H and O–H groups in total. The van der Waals surface area contributed by atoms with Crippen LogP contribution in [0.3, 0.4) is 0 Å². The van der Waals surface area contributed by atoms with E-state index in [1.54, 1.807) is 32.9 Å². The summed E-state index contributed by atoms with van der Waals surface area (Å²) in [6.45, 7) is 5.13. The number of rotatable bonds is 5. The Kier molecular flexibility index (Phi) is 6.35. The fraction of sp³-hybridized carbons (Fsp3) is 0.467. The SMILES string of the molecule is COC(=O)C(Cc1ccc(N([O-])O)cc1)NC(=O)OC(C)(C)C. The van der Waals surface area contributed by atoms with Gasteiger partial charge < -0.3 is 25.2 Å². The van der Waals surface area contributed by atoms with Crippen LogP contribution in [0.1, 0.15) is 26.3 Å². The van der Waals surface area contributed by atoms with Crippen molar-refractivity contribution in [2.75, 3.05) is 12.3 Å². The molecule has 1 amide bonds. The Balaban J connectivity index is 2.78. The second kappa shape index (κ2) is 7.80. The van der Waals surface area contributed by atoms with Crippen LogP contribution in [-0.4, -0.2) is 36.0 Å². The third kappa shape index (κ3) is 6.54. The maximum Gasteiger partial charge on any atom is 0.408 e. The van der Waals surface area contributed by atoms with Gasteiger partial charge in [0.05, 0.1) is 12.8 Å². The first-order valence-corrected chi connectivity index (χ1v) is 6.95. The van der Waals surface area contributed by atoms with Crippen molar-refractivity contribution in [3.05, 3.63) is 35.0 Å². The van der Waals surface area contributed by atoms with Crippen LogP contribution in [0.2, 0.25) is 0 Å². The van der Waals surface area contributed by atoms with Crippen LogP contribution in [0, 0.1) is 5.21 Å². The highest BCUT2D eigenvalue weighted by Crippen LogP contribution is 2.14. The van der Waals surface area contributed by atoms with Crippen LogP contribution >= 0.6 is 0 Å². The molecule has 0 saturated carbocycles. The Morgan fingerprint density at radius 3 is 2.30 bits per heavy atom. The minimum Gasteiger partial charge on any atom is -0.733 e. The zero-order valence-corrected chi connectivity index (χ0v) is 13.5. The van der Waals surface area contributed by atoms with Gasteiger partial charge in [-0.3, -0.25) is 5.21 Å². The van der Waals surface area contributed by atoms with Crippen molar-refractivity contribution in [3.63, 3.8) is 0 Å². The lowest BCUT2D eigenvalue weighted by Gasteiger charge is -2.23. The minimum atomic E-state index is -0.932. The molecule has 1 atom stereocenters. The Labute approximate surface area is 134 Å². The fourth-order valence-corrected chi connectivity index (χ4v) is 1.78. The van der Waals surface area contributed by atoms with E-state index in [1.807, 2.05) is 0 Å². The molecule has 1 aromatic carbocycles. The normalized spacial score (nSPS) is 12.3. The van der Waals surface area contributed by atoms with E-state index >= 15 is 0 Å². The van der Waals surface area contributed by atoms with Crippen LogP contribution < -0.4 is 10.5 Å². The molecule has 128 valence electrons. The summed E-state index contributed by atoms with van der Waals surface area (Å²) in [4.78, 5) is 23.6. The van der Waals surface area contributed by atoms with E-state index in [9.17, 15) is 14.8 Å². The van der Waals surface area contributed by atoms with Crippen LogP contribution in [0.25, 0.3) is 0 Å². The largest absolute Gasteiger partial charge is 0.733 e. The lowest BCUT2D eigenvalue weighted by molar-refractivity contribution is -0.143. The summed E-state index contributed by atoms with van der Waals surface area (Å²) in [7, 11) is 1.22. The predicted molar refractivity (Wildman–Crippen MR) is 83.0 cm³/mol. The first-order chi connectivity index (χ1) is 10.6. The van der Waals surface area contributed by atoms with E-state index in [1.165, 1.54) is 19.2 Å². The highest BCUT2D eigenvalue weighted by molar-refractivity contribution is 5.81. The van der Waals surface area contributed by atoms with Crippen LogP contribution in [0.5, 0.6) is 0 Å². The molecule has 0 heterocycles. The predicted octanol–water partition coefficient (Wildman–Crippen LogP) is 1.99. The van der Waals surface area contributed by atoms with Crippen LogP contribution in [0.15, 0.2) is 24.3 Å². The fourth-order valence-electron chi connectivity index (χ4n) is 1.78. The average molecular weight is 325 g/mol. The zero-order chi connectivity index (χ0) is 17.6. The Hall–Kier alpha value is -2.32. The Bertz CT molecular complexity index is 536. The summed E-state index contributed by atoms with van der Waals surface area (Å²) < 4.78 is 9.78. The zero-order valence-electron chi connectivity index (χ0n) is 13.5. The summed E-state index contributed by atoms with van der Waals surface area (Å²) >= 11 is 0. The van der Waals surface area contributed by atoms with Gasteiger partial charge in [0.2, 0.25) is 0 Å². The molecule has 0 radical (unpaired) electrons. The van der Waals surface area contributed by atoms with E-state index in [0.717, 1.165) is 0 Å². The van der Waals surface area contributed by atoms with Gasteiger partial charge in [-0.2, -0.15) is 0 Å². The quantitative estimate of drug-likeness (QED) is 0.629. The second-order valence-corrected chi connectivity index (χ2v) is 5.87. The number of anilines is 1. The van der Waals surface area contributed by atoms with Gasteiger partial charge in [-0.1, -0.05) is 12.1 Å². The maximum atomic E-state index is 11.8. The monoisotopic (exact) mass is 325 g/mol. The van der Waals surface area contributed by atoms with Crippen molar-refractivity contribution < 1.29 is 24.3 Å². The minimum absolute atomic E-state index is 0.0588. The molecule has 1 rings (SSSR count). The molecule has 8 heteroatoms. The van der Waals surface area contributed by atoms with E-state index < -0.39 is 23.7 Å². The first-order valence-electron chi connectivity index (χ1n) is 6.95.